The van der Waals surface area contributed by atoms with Gasteiger partial charge in [-0.05, 0) is 25.9 Å². The van der Waals surface area contributed by atoms with E-state index in [0.717, 1.165) is 42.2 Å². The van der Waals surface area contributed by atoms with E-state index in [9.17, 15) is 4.79 Å². The van der Waals surface area contributed by atoms with Crippen molar-refractivity contribution in [1.29, 1.82) is 0 Å². The SMILES string of the molecule is O=C(Cc1nc(-c2ccccc2)cs1)C1CCNCC1. The second kappa shape index (κ2) is 6.29. The first-order valence-electron chi connectivity index (χ1n) is 7.06. The number of rotatable bonds is 4. The van der Waals surface area contributed by atoms with E-state index in [0.29, 0.717) is 12.2 Å². The Hall–Kier alpha value is -1.52. The van der Waals surface area contributed by atoms with Gasteiger partial charge in [0.1, 0.15) is 10.8 Å². The van der Waals surface area contributed by atoms with Gasteiger partial charge < -0.3 is 5.32 Å². The molecule has 0 aliphatic carbocycles. The Morgan fingerprint density at radius 3 is 2.75 bits per heavy atom. The summed E-state index contributed by atoms with van der Waals surface area (Å²) < 4.78 is 0. The zero-order valence-corrected chi connectivity index (χ0v) is 12.2. The summed E-state index contributed by atoms with van der Waals surface area (Å²) in [4.78, 5) is 16.8. The van der Waals surface area contributed by atoms with Gasteiger partial charge in [-0.25, -0.2) is 4.98 Å². The second-order valence-corrected chi connectivity index (χ2v) is 6.10. The van der Waals surface area contributed by atoms with Gasteiger partial charge in [0, 0.05) is 16.9 Å². The molecule has 1 aliphatic heterocycles. The van der Waals surface area contributed by atoms with Gasteiger partial charge in [-0.15, -0.1) is 11.3 Å². The molecular formula is C16H18N2OS. The molecule has 0 unspecified atom stereocenters. The number of ketones is 1. The van der Waals surface area contributed by atoms with Crippen LogP contribution in [0.15, 0.2) is 35.7 Å². The Balaban J connectivity index is 1.66. The van der Waals surface area contributed by atoms with Crippen LogP contribution in [0.2, 0.25) is 0 Å². The smallest absolute Gasteiger partial charge is 0.142 e. The number of nitrogens with zero attached hydrogens (tertiary/aromatic N) is 1. The van der Waals surface area contributed by atoms with Crippen LogP contribution in [0.5, 0.6) is 0 Å². The van der Waals surface area contributed by atoms with Crippen LogP contribution in [0.3, 0.4) is 0 Å². The van der Waals surface area contributed by atoms with Gasteiger partial charge in [0.2, 0.25) is 0 Å². The number of Topliss-reactive ketones (excluding diaryl/α,β-unsaturated/α-hetero) is 1. The number of nitrogens with one attached hydrogen (secondary N) is 1. The number of carbonyl (C=O) groups excluding carboxylic acids is 1. The Bertz CT molecular complexity index is 573. The van der Waals surface area contributed by atoms with Crippen molar-refractivity contribution in [2.24, 2.45) is 5.92 Å². The van der Waals surface area contributed by atoms with Gasteiger partial charge in [0.05, 0.1) is 12.1 Å². The number of hydrogen-bond donors (Lipinski definition) is 1. The maximum Gasteiger partial charge on any atom is 0.142 e. The zero-order valence-electron chi connectivity index (χ0n) is 11.3. The van der Waals surface area contributed by atoms with Crippen molar-refractivity contribution in [3.63, 3.8) is 0 Å². The molecule has 0 atom stereocenters. The Morgan fingerprint density at radius 1 is 1.25 bits per heavy atom. The minimum absolute atomic E-state index is 0.223. The first-order valence-corrected chi connectivity index (χ1v) is 7.94. The predicted octanol–water partition coefficient (Wildman–Crippen LogP) is 2.92. The normalized spacial score (nSPS) is 16.2. The van der Waals surface area contributed by atoms with Crippen molar-refractivity contribution in [3.05, 3.63) is 40.7 Å². The standard InChI is InChI=1S/C16H18N2OS/c19-15(13-6-8-17-9-7-13)10-16-18-14(11-20-16)12-4-2-1-3-5-12/h1-5,11,13,17H,6-10H2. The lowest BCUT2D eigenvalue weighted by Crippen LogP contribution is -2.32. The van der Waals surface area contributed by atoms with E-state index < -0.39 is 0 Å². The van der Waals surface area contributed by atoms with Gasteiger partial charge in [0.25, 0.3) is 0 Å². The molecule has 1 aromatic heterocycles. The number of carbonyl (C=O) groups is 1. The molecule has 1 N–H and O–H groups in total. The summed E-state index contributed by atoms with van der Waals surface area (Å²) in [5, 5.41) is 6.27. The van der Waals surface area contributed by atoms with Gasteiger partial charge in [-0.3, -0.25) is 4.79 Å². The zero-order chi connectivity index (χ0) is 13.8. The molecular weight excluding hydrogens is 268 g/mol. The van der Waals surface area contributed by atoms with Crippen LogP contribution in [0.4, 0.5) is 0 Å². The topological polar surface area (TPSA) is 42.0 Å². The number of hydrogen-bond acceptors (Lipinski definition) is 4. The van der Waals surface area contributed by atoms with Crippen LogP contribution in [0.1, 0.15) is 17.8 Å². The summed E-state index contributed by atoms with van der Waals surface area (Å²) in [6, 6.07) is 10.1. The van der Waals surface area contributed by atoms with Gasteiger partial charge in [-0.1, -0.05) is 30.3 Å². The molecule has 0 saturated carbocycles. The van der Waals surface area contributed by atoms with E-state index in [1.807, 2.05) is 35.7 Å². The van der Waals surface area contributed by atoms with Crippen LogP contribution >= 0.6 is 11.3 Å². The van der Waals surface area contributed by atoms with Crippen molar-refractivity contribution in [1.82, 2.24) is 10.3 Å². The molecule has 0 radical (unpaired) electrons. The van der Waals surface area contributed by atoms with Gasteiger partial charge >= 0.3 is 0 Å². The molecule has 1 saturated heterocycles. The van der Waals surface area contributed by atoms with E-state index in [1.165, 1.54) is 0 Å². The fourth-order valence-corrected chi connectivity index (χ4v) is 3.38. The molecule has 0 spiro atoms. The Morgan fingerprint density at radius 2 is 2.00 bits per heavy atom. The van der Waals surface area contributed by atoms with Crippen molar-refractivity contribution in [3.8, 4) is 11.3 Å². The second-order valence-electron chi connectivity index (χ2n) is 5.16. The molecule has 1 aliphatic rings. The third-order valence-electron chi connectivity index (χ3n) is 3.74. The number of thiazole rings is 1. The van der Waals surface area contributed by atoms with Crippen LogP contribution in [-0.4, -0.2) is 23.9 Å². The first-order chi connectivity index (χ1) is 9.83. The molecule has 3 nitrogen and oxygen atoms in total. The first kappa shape index (κ1) is 13.5. The van der Waals surface area contributed by atoms with Crippen LogP contribution < -0.4 is 5.32 Å². The monoisotopic (exact) mass is 286 g/mol. The molecule has 20 heavy (non-hydrogen) atoms. The van der Waals surface area contributed by atoms with Gasteiger partial charge in [-0.2, -0.15) is 0 Å². The third-order valence-corrected chi connectivity index (χ3v) is 4.59. The highest BCUT2D eigenvalue weighted by atomic mass is 32.1. The Kier molecular flexibility index (Phi) is 4.23. The molecule has 104 valence electrons. The van der Waals surface area contributed by atoms with E-state index in [4.69, 9.17) is 0 Å². The van der Waals surface area contributed by atoms with Crippen molar-refractivity contribution in [2.45, 2.75) is 19.3 Å². The summed E-state index contributed by atoms with van der Waals surface area (Å²) in [5.41, 5.74) is 2.09. The molecule has 0 amide bonds. The predicted molar refractivity (Wildman–Crippen MR) is 81.9 cm³/mol. The van der Waals surface area contributed by atoms with Crippen LogP contribution in [-0.2, 0) is 11.2 Å². The summed E-state index contributed by atoms with van der Waals surface area (Å²) in [6.45, 7) is 1.92. The summed E-state index contributed by atoms with van der Waals surface area (Å²) in [7, 11) is 0. The highest BCUT2D eigenvalue weighted by Gasteiger charge is 2.21. The molecule has 2 heterocycles. The van der Waals surface area contributed by atoms with Crippen LogP contribution in [0.25, 0.3) is 11.3 Å². The fourth-order valence-electron chi connectivity index (χ4n) is 2.57. The summed E-state index contributed by atoms with van der Waals surface area (Å²) >= 11 is 1.59. The largest absolute Gasteiger partial charge is 0.317 e. The lowest BCUT2D eigenvalue weighted by molar-refractivity contribution is -0.122. The van der Waals surface area contributed by atoms with E-state index >= 15 is 0 Å². The van der Waals surface area contributed by atoms with Crippen LogP contribution in [0, 0.1) is 5.92 Å². The minimum atomic E-state index is 0.223. The molecule has 2 aromatic rings. The van der Waals surface area contributed by atoms with Gasteiger partial charge in [0.15, 0.2) is 0 Å². The summed E-state index contributed by atoms with van der Waals surface area (Å²) in [5.74, 6) is 0.570. The number of piperidine rings is 1. The molecule has 1 fully saturated rings. The average Bonchev–Trinajstić information content (AvgIpc) is 2.97. The van der Waals surface area contributed by atoms with E-state index in [1.54, 1.807) is 11.3 Å². The average molecular weight is 286 g/mol. The third kappa shape index (κ3) is 3.14. The van der Waals surface area contributed by atoms with Crippen molar-refractivity contribution in [2.75, 3.05) is 13.1 Å². The Labute approximate surface area is 123 Å². The minimum Gasteiger partial charge on any atom is -0.317 e. The maximum absolute atomic E-state index is 12.3. The lowest BCUT2D eigenvalue weighted by Gasteiger charge is -2.20. The quantitative estimate of drug-likeness (QED) is 0.939. The highest BCUT2D eigenvalue weighted by Crippen LogP contribution is 2.23. The van der Waals surface area contributed by atoms with E-state index in [-0.39, 0.29) is 5.92 Å². The number of aromatic nitrogens is 1. The molecule has 3 rings (SSSR count). The molecule has 0 bridgehead atoms. The highest BCUT2D eigenvalue weighted by molar-refractivity contribution is 7.10. The molecule has 4 heteroatoms. The fraction of sp³-hybridized carbons (Fsp3) is 0.375. The number of benzene rings is 1. The van der Waals surface area contributed by atoms with E-state index in [2.05, 4.69) is 10.3 Å². The molecule has 1 aromatic carbocycles. The lowest BCUT2D eigenvalue weighted by atomic mass is 9.92. The van der Waals surface area contributed by atoms with Crippen molar-refractivity contribution >= 4 is 17.1 Å². The summed E-state index contributed by atoms with van der Waals surface area (Å²) in [6.07, 6.45) is 2.42. The maximum atomic E-state index is 12.3. The van der Waals surface area contributed by atoms with Crippen molar-refractivity contribution < 1.29 is 4.79 Å².